The fraction of sp³-hybridized carbons (Fsp3) is 0.923. The number of hydrogen-bond acceptors (Lipinski definition) is 6. The van der Waals surface area contributed by atoms with Crippen LogP contribution in [0, 0.1) is 16.7 Å². The van der Waals surface area contributed by atoms with Gasteiger partial charge in [-0.2, -0.15) is 11.8 Å². The van der Waals surface area contributed by atoms with Crippen LogP contribution >= 0.6 is 11.8 Å². The van der Waals surface area contributed by atoms with E-state index in [1.165, 1.54) is 0 Å². The van der Waals surface area contributed by atoms with Gasteiger partial charge in [-0.25, -0.2) is 0 Å². The van der Waals surface area contributed by atoms with Crippen molar-refractivity contribution in [1.29, 1.82) is 0 Å². The fourth-order valence-electron chi connectivity index (χ4n) is 2.89. The number of carbonyl (C=O) groups is 2. The van der Waals surface area contributed by atoms with Crippen LogP contribution in [-0.2, 0) is 14.3 Å². The summed E-state index contributed by atoms with van der Waals surface area (Å²) in [4.78, 5) is 24.4. The van der Waals surface area contributed by atoms with Gasteiger partial charge in [-0.3, -0.25) is 14.9 Å². The van der Waals surface area contributed by atoms with E-state index in [2.05, 4.69) is 30.7 Å². The van der Waals surface area contributed by atoms with Crippen molar-refractivity contribution < 1.29 is 19.4 Å². The molecule has 1 atom stereocenters. The predicted molar refractivity (Wildman–Crippen MR) is 143 cm³/mol. The highest BCUT2D eigenvalue weighted by Crippen LogP contribution is 2.26. The Morgan fingerprint density at radius 2 is 1.45 bits per heavy atom. The highest BCUT2D eigenvalue weighted by Gasteiger charge is 2.28. The Morgan fingerprint density at radius 1 is 0.939 bits per heavy atom. The van der Waals surface area contributed by atoms with Gasteiger partial charge in [0, 0.05) is 29.0 Å². The molecular weight excluding hydrogens is 436 g/mol. The quantitative estimate of drug-likeness (QED) is 0.263. The lowest BCUT2D eigenvalue weighted by molar-refractivity contribution is -0.128. The summed E-state index contributed by atoms with van der Waals surface area (Å²) in [6, 6.07) is 0. The van der Waals surface area contributed by atoms with Crippen LogP contribution < -0.4 is 10.6 Å². The van der Waals surface area contributed by atoms with Gasteiger partial charge in [0.05, 0.1) is 19.6 Å². The van der Waals surface area contributed by atoms with E-state index in [0.29, 0.717) is 32.7 Å². The minimum Gasteiger partial charge on any atom is -0.380 e. The van der Waals surface area contributed by atoms with Gasteiger partial charge >= 0.3 is 0 Å². The Hall–Kier alpha value is -0.630. The molecule has 0 saturated carbocycles. The summed E-state index contributed by atoms with van der Waals surface area (Å²) in [6.45, 7) is 24.0. The van der Waals surface area contributed by atoms with Gasteiger partial charge in [0.1, 0.15) is 11.5 Å². The maximum atomic E-state index is 12.3. The molecule has 7 heteroatoms. The molecule has 0 aromatic carbocycles. The van der Waals surface area contributed by atoms with Gasteiger partial charge in [-0.15, -0.1) is 0 Å². The van der Waals surface area contributed by atoms with Crippen molar-refractivity contribution in [2.45, 2.75) is 106 Å². The van der Waals surface area contributed by atoms with E-state index in [0.717, 1.165) is 6.42 Å². The summed E-state index contributed by atoms with van der Waals surface area (Å²) in [7, 11) is 0. The van der Waals surface area contributed by atoms with Crippen molar-refractivity contribution in [2.75, 3.05) is 32.6 Å². The molecule has 0 aromatic heterocycles. The number of aliphatic hydroxyl groups is 1. The Bertz CT molecular complexity index is 573. The van der Waals surface area contributed by atoms with Gasteiger partial charge in [-0.05, 0) is 31.6 Å². The SMILES string of the molecule is CC.CSC(C)(C)CCNC(C)(O)CC(=O)NCC(C)(C)COCC(C)(C)CC(=O)C(C)C. The third-order valence-corrected chi connectivity index (χ3v) is 6.65. The maximum Gasteiger partial charge on any atom is 0.224 e. The second-order valence-corrected chi connectivity index (χ2v) is 13.0. The Balaban J connectivity index is 0. The monoisotopic (exact) mass is 490 g/mol. The van der Waals surface area contributed by atoms with E-state index in [1.807, 2.05) is 55.4 Å². The molecule has 33 heavy (non-hydrogen) atoms. The Kier molecular flexibility index (Phi) is 16.1. The van der Waals surface area contributed by atoms with Crippen LogP contribution in [0.25, 0.3) is 0 Å². The van der Waals surface area contributed by atoms with E-state index < -0.39 is 5.72 Å². The lowest BCUT2D eigenvalue weighted by atomic mass is 9.85. The molecule has 0 fully saturated rings. The second kappa shape index (κ2) is 15.4. The average molecular weight is 491 g/mol. The number of ether oxygens (including phenoxy) is 1. The van der Waals surface area contributed by atoms with Crippen LogP contribution in [0.2, 0.25) is 0 Å². The third-order valence-electron chi connectivity index (χ3n) is 5.34. The average Bonchev–Trinajstić information content (AvgIpc) is 2.66. The standard InChI is InChI=1S/C24H48N2O4S.C2H6/c1-18(2)19(27)13-21(3,4)16-30-17-22(5,6)15-25-20(28)14-24(9,29)26-12-11-23(7,8)31-10;1-2/h18,26,29H,11-17H2,1-10H3,(H,25,28);1-2H3. The van der Waals surface area contributed by atoms with Crippen molar-refractivity contribution in [3.8, 4) is 0 Å². The first-order chi connectivity index (χ1) is 14.9. The first kappa shape index (κ1) is 34.5. The Labute approximate surface area is 208 Å². The molecule has 6 nitrogen and oxygen atoms in total. The molecule has 1 unspecified atom stereocenters. The van der Waals surface area contributed by atoms with E-state index >= 15 is 0 Å². The minimum atomic E-state index is -1.24. The molecule has 0 aliphatic rings. The van der Waals surface area contributed by atoms with Crippen LogP contribution in [0.4, 0.5) is 0 Å². The van der Waals surface area contributed by atoms with Crippen LogP contribution in [0.1, 0.15) is 95.4 Å². The zero-order valence-corrected chi connectivity index (χ0v) is 24.4. The molecular formula is C26H54N2O4S. The number of hydrogen-bond donors (Lipinski definition) is 3. The summed E-state index contributed by atoms with van der Waals surface area (Å²) >= 11 is 1.78. The number of Topliss-reactive ketones (excluding diaryl/α,β-unsaturated/α-hetero) is 1. The topological polar surface area (TPSA) is 87.7 Å². The molecule has 0 spiro atoms. The van der Waals surface area contributed by atoms with Crippen LogP contribution in [0.3, 0.4) is 0 Å². The van der Waals surface area contributed by atoms with E-state index in [1.54, 1.807) is 18.7 Å². The van der Waals surface area contributed by atoms with Gasteiger partial charge < -0.3 is 15.2 Å². The first-order valence-electron chi connectivity index (χ1n) is 12.3. The van der Waals surface area contributed by atoms with Gasteiger partial charge in [0.25, 0.3) is 0 Å². The van der Waals surface area contributed by atoms with Crippen molar-refractivity contribution in [3.05, 3.63) is 0 Å². The molecule has 0 bridgehead atoms. The normalized spacial score (nSPS) is 14.4. The number of nitrogens with one attached hydrogen (secondary N) is 2. The van der Waals surface area contributed by atoms with E-state index in [-0.39, 0.29) is 39.6 Å². The molecule has 0 heterocycles. The lowest BCUT2D eigenvalue weighted by Gasteiger charge is -2.30. The fourth-order valence-corrected chi connectivity index (χ4v) is 3.20. The zero-order valence-electron chi connectivity index (χ0n) is 23.6. The number of amides is 1. The summed E-state index contributed by atoms with van der Waals surface area (Å²) in [5, 5.41) is 16.5. The summed E-state index contributed by atoms with van der Waals surface area (Å²) in [5.41, 5.74) is -1.71. The molecule has 0 aromatic rings. The highest BCUT2D eigenvalue weighted by molar-refractivity contribution is 7.99. The van der Waals surface area contributed by atoms with Crippen molar-refractivity contribution in [2.24, 2.45) is 16.7 Å². The van der Waals surface area contributed by atoms with Gasteiger partial charge in [0.15, 0.2) is 0 Å². The third kappa shape index (κ3) is 18.4. The largest absolute Gasteiger partial charge is 0.380 e. The molecule has 0 aliphatic carbocycles. The minimum absolute atomic E-state index is 0.00597. The van der Waals surface area contributed by atoms with Crippen LogP contribution in [0.5, 0.6) is 0 Å². The number of thioether (sulfide) groups is 1. The summed E-state index contributed by atoms with van der Waals surface area (Å²) in [6.07, 6.45) is 3.46. The van der Waals surface area contributed by atoms with Crippen molar-refractivity contribution in [1.82, 2.24) is 10.6 Å². The van der Waals surface area contributed by atoms with Crippen molar-refractivity contribution >= 4 is 23.5 Å². The molecule has 0 radical (unpaired) electrons. The van der Waals surface area contributed by atoms with Gasteiger partial charge in [0.2, 0.25) is 5.91 Å². The smallest absolute Gasteiger partial charge is 0.224 e. The summed E-state index contributed by atoms with van der Waals surface area (Å²) < 4.78 is 6.04. The summed E-state index contributed by atoms with van der Waals surface area (Å²) in [5.74, 6) is 0.0880. The Morgan fingerprint density at radius 3 is 1.94 bits per heavy atom. The zero-order chi connectivity index (χ0) is 26.5. The number of rotatable bonds is 16. The first-order valence-corrected chi connectivity index (χ1v) is 13.5. The predicted octanol–water partition coefficient (Wildman–Crippen LogP) is 5.03. The number of carbonyl (C=O) groups excluding carboxylic acids is 2. The second-order valence-electron chi connectivity index (χ2n) is 11.5. The van der Waals surface area contributed by atoms with Gasteiger partial charge in [-0.1, -0.05) is 69.2 Å². The molecule has 0 saturated heterocycles. The van der Waals surface area contributed by atoms with E-state index in [9.17, 15) is 14.7 Å². The van der Waals surface area contributed by atoms with Crippen LogP contribution in [-0.4, -0.2) is 59.8 Å². The van der Waals surface area contributed by atoms with E-state index in [4.69, 9.17) is 4.74 Å². The molecule has 3 N–H and O–H groups in total. The maximum absolute atomic E-state index is 12.3. The van der Waals surface area contributed by atoms with Crippen LogP contribution in [0.15, 0.2) is 0 Å². The molecule has 0 rings (SSSR count). The van der Waals surface area contributed by atoms with Crippen molar-refractivity contribution in [3.63, 3.8) is 0 Å². The number of ketones is 1. The molecule has 1 amide bonds. The molecule has 0 aliphatic heterocycles. The molecule has 198 valence electrons. The highest BCUT2D eigenvalue weighted by atomic mass is 32.2. The lowest BCUT2D eigenvalue weighted by Crippen LogP contribution is -2.48.